The van der Waals surface area contributed by atoms with Gasteiger partial charge in [0.1, 0.15) is 5.82 Å². The summed E-state index contributed by atoms with van der Waals surface area (Å²) in [5.41, 5.74) is 2.51. The number of nitrogens with zero attached hydrogens (tertiary/aromatic N) is 2. The van der Waals surface area contributed by atoms with Gasteiger partial charge in [-0.05, 0) is 49.4 Å². The van der Waals surface area contributed by atoms with E-state index in [9.17, 15) is 4.79 Å². The van der Waals surface area contributed by atoms with Gasteiger partial charge in [0.05, 0.1) is 5.56 Å². The Kier molecular flexibility index (Phi) is 4.44. The van der Waals surface area contributed by atoms with Crippen LogP contribution in [0.3, 0.4) is 0 Å². The van der Waals surface area contributed by atoms with Crippen LogP contribution in [0.1, 0.15) is 16.1 Å². The molecule has 3 aromatic rings. The van der Waals surface area contributed by atoms with Crippen molar-refractivity contribution in [3.8, 4) is 11.4 Å². The van der Waals surface area contributed by atoms with Crippen LogP contribution in [0.4, 0.5) is 11.5 Å². The maximum Gasteiger partial charge on any atom is 0.335 e. The Morgan fingerprint density at radius 3 is 2.54 bits per heavy atom. The maximum absolute atomic E-state index is 11.1. The third kappa shape index (κ3) is 3.70. The maximum atomic E-state index is 11.1. The van der Waals surface area contributed by atoms with E-state index >= 15 is 0 Å². The van der Waals surface area contributed by atoms with Crippen molar-refractivity contribution in [3.05, 3.63) is 70.9 Å². The van der Waals surface area contributed by atoms with Gasteiger partial charge in [0.2, 0.25) is 0 Å². The quantitative estimate of drug-likeness (QED) is 0.729. The number of carboxylic acids is 1. The molecule has 0 fully saturated rings. The van der Waals surface area contributed by atoms with E-state index in [1.165, 1.54) is 6.07 Å². The second-order valence-electron chi connectivity index (χ2n) is 5.24. The first-order valence-corrected chi connectivity index (χ1v) is 7.61. The number of hydrogen-bond donors (Lipinski definition) is 2. The first-order valence-electron chi connectivity index (χ1n) is 7.23. The molecule has 6 heteroatoms. The molecular formula is C18H14ClN3O2. The van der Waals surface area contributed by atoms with Crippen molar-refractivity contribution in [2.75, 3.05) is 5.32 Å². The molecule has 24 heavy (non-hydrogen) atoms. The van der Waals surface area contributed by atoms with Crippen molar-refractivity contribution < 1.29 is 9.90 Å². The van der Waals surface area contributed by atoms with Gasteiger partial charge in [0.25, 0.3) is 0 Å². The molecule has 2 N–H and O–H groups in total. The summed E-state index contributed by atoms with van der Waals surface area (Å²) in [6.45, 7) is 1.87. The van der Waals surface area contributed by atoms with Crippen molar-refractivity contribution in [3.63, 3.8) is 0 Å². The monoisotopic (exact) mass is 339 g/mol. The van der Waals surface area contributed by atoms with Crippen molar-refractivity contribution in [2.45, 2.75) is 6.92 Å². The summed E-state index contributed by atoms with van der Waals surface area (Å²) in [5.74, 6) is 0.193. The van der Waals surface area contributed by atoms with E-state index in [4.69, 9.17) is 16.7 Å². The second-order valence-corrected chi connectivity index (χ2v) is 5.67. The third-order valence-corrected chi connectivity index (χ3v) is 3.59. The van der Waals surface area contributed by atoms with Crippen LogP contribution in [-0.2, 0) is 0 Å². The SMILES string of the molecule is Cc1cc(Nc2cccc(C(=O)O)c2)nc(-c2ccc(Cl)cc2)n1. The molecule has 120 valence electrons. The Labute approximate surface area is 144 Å². The van der Waals surface area contributed by atoms with E-state index in [1.54, 1.807) is 36.4 Å². The van der Waals surface area contributed by atoms with Gasteiger partial charge in [-0.3, -0.25) is 0 Å². The van der Waals surface area contributed by atoms with Gasteiger partial charge in [0, 0.05) is 28.0 Å². The average Bonchev–Trinajstić information content (AvgIpc) is 2.55. The lowest BCUT2D eigenvalue weighted by Crippen LogP contribution is -2.01. The Bertz CT molecular complexity index is 895. The molecule has 0 unspecified atom stereocenters. The van der Waals surface area contributed by atoms with E-state index in [-0.39, 0.29) is 5.56 Å². The highest BCUT2D eigenvalue weighted by molar-refractivity contribution is 6.30. The fraction of sp³-hybridized carbons (Fsp3) is 0.0556. The molecule has 0 aliphatic rings. The van der Waals surface area contributed by atoms with Crippen LogP contribution in [-0.4, -0.2) is 21.0 Å². The summed E-state index contributed by atoms with van der Waals surface area (Å²) < 4.78 is 0. The zero-order chi connectivity index (χ0) is 17.1. The Hall–Kier alpha value is -2.92. The molecule has 1 heterocycles. The van der Waals surface area contributed by atoms with Crippen LogP contribution in [0.5, 0.6) is 0 Å². The number of carbonyl (C=O) groups is 1. The molecule has 3 rings (SSSR count). The zero-order valence-electron chi connectivity index (χ0n) is 12.8. The number of aromatic carboxylic acids is 1. The van der Waals surface area contributed by atoms with Crippen molar-refractivity contribution in [1.82, 2.24) is 9.97 Å². The smallest absolute Gasteiger partial charge is 0.335 e. The second kappa shape index (κ2) is 6.68. The summed E-state index contributed by atoms with van der Waals surface area (Å²) in [5, 5.41) is 12.8. The fourth-order valence-corrected chi connectivity index (χ4v) is 2.36. The highest BCUT2D eigenvalue weighted by Crippen LogP contribution is 2.22. The number of aryl methyl sites for hydroxylation is 1. The number of nitrogens with one attached hydrogen (secondary N) is 1. The number of aromatic nitrogens is 2. The van der Waals surface area contributed by atoms with Gasteiger partial charge in [-0.25, -0.2) is 14.8 Å². The molecule has 0 atom stereocenters. The van der Waals surface area contributed by atoms with Crippen molar-refractivity contribution in [1.29, 1.82) is 0 Å². The lowest BCUT2D eigenvalue weighted by Gasteiger charge is -2.09. The summed E-state index contributed by atoms with van der Waals surface area (Å²) in [6, 6.07) is 15.6. The van der Waals surface area contributed by atoms with Gasteiger partial charge < -0.3 is 10.4 Å². The number of rotatable bonds is 4. The first-order chi connectivity index (χ1) is 11.5. The Morgan fingerprint density at radius 1 is 1.08 bits per heavy atom. The van der Waals surface area contributed by atoms with Crippen LogP contribution >= 0.6 is 11.6 Å². The summed E-state index contributed by atoms with van der Waals surface area (Å²) >= 11 is 5.91. The average molecular weight is 340 g/mol. The molecule has 2 aromatic carbocycles. The van der Waals surface area contributed by atoms with E-state index in [0.29, 0.717) is 22.4 Å². The normalized spacial score (nSPS) is 10.4. The van der Waals surface area contributed by atoms with Crippen LogP contribution in [0.25, 0.3) is 11.4 Å². The van der Waals surface area contributed by atoms with Gasteiger partial charge in [0.15, 0.2) is 5.82 Å². The Morgan fingerprint density at radius 2 is 1.83 bits per heavy atom. The molecule has 1 aromatic heterocycles. The lowest BCUT2D eigenvalue weighted by molar-refractivity contribution is 0.0697. The fourth-order valence-electron chi connectivity index (χ4n) is 2.24. The molecule has 0 aliphatic heterocycles. The number of benzene rings is 2. The molecule has 0 saturated carbocycles. The summed E-state index contributed by atoms with van der Waals surface area (Å²) in [4.78, 5) is 20.0. The minimum Gasteiger partial charge on any atom is -0.478 e. The molecule has 0 radical (unpaired) electrons. The molecular weight excluding hydrogens is 326 g/mol. The number of carboxylic acid groups (broad SMARTS) is 1. The van der Waals surface area contributed by atoms with E-state index in [1.807, 2.05) is 19.1 Å². The lowest BCUT2D eigenvalue weighted by atomic mass is 10.2. The molecule has 0 spiro atoms. The topological polar surface area (TPSA) is 75.1 Å². The molecule has 0 bridgehead atoms. The standard InChI is InChI=1S/C18H14ClN3O2/c1-11-9-16(21-15-4-2-3-13(10-15)18(23)24)22-17(20-11)12-5-7-14(19)8-6-12/h2-10H,1H3,(H,23,24)(H,20,21,22). The van der Waals surface area contributed by atoms with E-state index < -0.39 is 5.97 Å². The highest BCUT2D eigenvalue weighted by atomic mass is 35.5. The highest BCUT2D eigenvalue weighted by Gasteiger charge is 2.07. The van der Waals surface area contributed by atoms with Crippen LogP contribution < -0.4 is 5.32 Å². The predicted octanol–water partition coefficient (Wildman–Crippen LogP) is 4.55. The van der Waals surface area contributed by atoms with Gasteiger partial charge in [-0.1, -0.05) is 17.7 Å². The number of anilines is 2. The molecule has 0 aliphatic carbocycles. The zero-order valence-corrected chi connectivity index (χ0v) is 13.6. The van der Waals surface area contributed by atoms with Crippen LogP contribution in [0, 0.1) is 6.92 Å². The van der Waals surface area contributed by atoms with E-state index in [0.717, 1.165) is 11.3 Å². The number of halogens is 1. The third-order valence-electron chi connectivity index (χ3n) is 3.34. The van der Waals surface area contributed by atoms with Crippen molar-refractivity contribution in [2.24, 2.45) is 0 Å². The molecule has 0 amide bonds. The largest absolute Gasteiger partial charge is 0.478 e. The van der Waals surface area contributed by atoms with Crippen molar-refractivity contribution >= 4 is 29.1 Å². The van der Waals surface area contributed by atoms with Crippen LogP contribution in [0.2, 0.25) is 5.02 Å². The molecule has 0 saturated heterocycles. The minimum absolute atomic E-state index is 0.212. The summed E-state index contributed by atoms with van der Waals surface area (Å²) in [7, 11) is 0. The predicted molar refractivity (Wildman–Crippen MR) is 93.9 cm³/mol. The molecule has 5 nitrogen and oxygen atoms in total. The van der Waals surface area contributed by atoms with Gasteiger partial charge >= 0.3 is 5.97 Å². The Balaban J connectivity index is 1.93. The summed E-state index contributed by atoms with van der Waals surface area (Å²) in [6.07, 6.45) is 0. The van der Waals surface area contributed by atoms with Crippen LogP contribution in [0.15, 0.2) is 54.6 Å². The van der Waals surface area contributed by atoms with E-state index in [2.05, 4.69) is 15.3 Å². The van der Waals surface area contributed by atoms with Gasteiger partial charge in [-0.2, -0.15) is 0 Å². The minimum atomic E-state index is -0.973. The first kappa shape index (κ1) is 16.0. The number of hydrogen-bond acceptors (Lipinski definition) is 4. The van der Waals surface area contributed by atoms with Gasteiger partial charge in [-0.15, -0.1) is 0 Å².